The third kappa shape index (κ3) is 4.73. The Bertz CT molecular complexity index is 961. The number of anilines is 3. The molecule has 0 atom stereocenters. The van der Waals surface area contributed by atoms with Crippen molar-refractivity contribution in [3.8, 4) is 5.75 Å². The zero-order chi connectivity index (χ0) is 19.2. The minimum Gasteiger partial charge on any atom is -0.492 e. The van der Waals surface area contributed by atoms with Crippen LogP contribution in [0.1, 0.15) is 11.3 Å². The maximum absolute atomic E-state index is 12.9. The lowest BCUT2D eigenvalue weighted by Gasteiger charge is -2.13. The summed E-state index contributed by atoms with van der Waals surface area (Å²) in [5.41, 5.74) is 2.19. The maximum Gasteiger partial charge on any atom is 0.231 e. The third-order valence-electron chi connectivity index (χ3n) is 3.73. The minimum atomic E-state index is -0.307. The number of hydrogen-bond acceptors (Lipinski definition) is 5. The van der Waals surface area contributed by atoms with Crippen LogP contribution in [-0.2, 0) is 0 Å². The van der Waals surface area contributed by atoms with Gasteiger partial charge in [0, 0.05) is 18.3 Å². The van der Waals surface area contributed by atoms with E-state index in [4.69, 9.17) is 11.3 Å². The summed E-state index contributed by atoms with van der Waals surface area (Å²) < 4.78 is 18.4. The van der Waals surface area contributed by atoms with E-state index in [9.17, 15) is 4.39 Å². The Kier molecular flexibility index (Phi) is 5.52. The zero-order valence-corrected chi connectivity index (χ0v) is 15.0. The number of rotatable bonds is 7. The number of ether oxygens (including phenoxy) is 1. The van der Waals surface area contributed by atoms with Gasteiger partial charge in [0.15, 0.2) is 5.82 Å². The van der Waals surface area contributed by atoms with Crippen LogP contribution in [0, 0.1) is 26.2 Å². The van der Waals surface area contributed by atoms with E-state index < -0.39 is 0 Å². The van der Waals surface area contributed by atoms with Crippen molar-refractivity contribution in [1.82, 2.24) is 15.2 Å². The zero-order valence-electron chi connectivity index (χ0n) is 15.0. The Morgan fingerprint density at radius 1 is 1.19 bits per heavy atom. The van der Waals surface area contributed by atoms with Gasteiger partial charge in [-0.3, -0.25) is 5.10 Å². The van der Waals surface area contributed by atoms with Gasteiger partial charge in [-0.1, -0.05) is 0 Å². The average molecular weight is 366 g/mol. The molecule has 0 amide bonds. The third-order valence-corrected chi connectivity index (χ3v) is 3.73. The van der Waals surface area contributed by atoms with Crippen LogP contribution in [0.4, 0.5) is 27.5 Å². The van der Waals surface area contributed by atoms with Crippen molar-refractivity contribution in [1.29, 1.82) is 0 Å². The second kappa shape index (κ2) is 8.19. The molecule has 3 N–H and O–H groups in total. The fourth-order valence-corrected chi connectivity index (χ4v) is 2.48. The van der Waals surface area contributed by atoms with E-state index in [1.54, 1.807) is 18.2 Å². The molecule has 8 heteroatoms. The van der Waals surface area contributed by atoms with Gasteiger partial charge in [-0.15, -0.1) is 0 Å². The molecule has 0 aliphatic rings. The summed E-state index contributed by atoms with van der Waals surface area (Å²) >= 11 is 0. The maximum atomic E-state index is 12.9. The number of aromatic amines is 1. The van der Waals surface area contributed by atoms with Crippen LogP contribution in [0.2, 0.25) is 0 Å². The number of H-pyrrole nitrogens is 1. The predicted molar refractivity (Wildman–Crippen MR) is 102 cm³/mol. The normalized spacial score (nSPS) is 10.3. The number of benzene rings is 1. The Morgan fingerprint density at radius 3 is 2.63 bits per heavy atom. The molecule has 7 nitrogen and oxygen atoms in total. The van der Waals surface area contributed by atoms with E-state index in [1.165, 1.54) is 12.1 Å². The number of aryl methyl sites for hydroxylation is 2. The summed E-state index contributed by atoms with van der Waals surface area (Å²) in [7, 11) is 0. The van der Waals surface area contributed by atoms with Crippen molar-refractivity contribution in [2.45, 2.75) is 13.8 Å². The summed E-state index contributed by atoms with van der Waals surface area (Å²) in [5.74, 6) is 1.99. The lowest BCUT2D eigenvalue weighted by Crippen LogP contribution is -2.13. The smallest absolute Gasteiger partial charge is 0.231 e. The van der Waals surface area contributed by atoms with Gasteiger partial charge in [0.2, 0.25) is 5.69 Å². The molecular weight excluding hydrogens is 347 g/mol. The van der Waals surface area contributed by atoms with Gasteiger partial charge >= 0.3 is 0 Å². The van der Waals surface area contributed by atoms with E-state index in [-0.39, 0.29) is 5.82 Å². The van der Waals surface area contributed by atoms with Crippen LogP contribution in [0.15, 0.2) is 36.4 Å². The highest BCUT2D eigenvalue weighted by Crippen LogP contribution is 2.30. The van der Waals surface area contributed by atoms with Crippen molar-refractivity contribution >= 4 is 23.1 Å². The largest absolute Gasteiger partial charge is 0.492 e. The molecule has 0 saturated carbocycles. The Labute approximate surface area is 156 Å². The van der Waals surface area contributed by atoms with Crippen LogP contribution in [0.3, 0.4) is 0 Å². The number of pyridine rings is 1. The van der Waals surface area contributed by atoms with Gasteiger partial charge in [-0.05, 0) is 49.7 Å². The molecule has 0 aliphatic heterocycles. The van der Waals surface area contributed by atoms with E-state index in [1.807, 2.05) is 19.9 Å². The molecule has 0 saturated heterocycles. The average Bonchev–Trinajstić information content (AvgIpc) is 3.05. The molecule has 0 radical (unpaired) electrons. The molecular formula is C19H19FN6O. The number of aromatic nitrogens is 3. The Hall–Kier alpha value is -3.60. The van der Waals surface area contributed by atoms with Crippen LogP contribution in [0.25, 0.3) is 4.85 Å². The second-order valence-electron chi connectivity index (χ2n) is 5.92. The molecule has 0 aliphatic carbocycles. The van der Waals surface area contributed by atoms with E-state index in [0.29, 0.717) is 42.0 Å². The fourth-order valence-electron chi connectivity index (χ4n) is 2.48. The van der Waals surface area contributed by atoms with Gasteiger partial charge in [0.1, 0.15) is 29.8 Å². The van der Waals surface area contributed by atoms with E-state index in [0.717, 1.165) is 11.3 Å². The number of nitrogens with one attached hydrogen (secondary N) is 3. The van der Waals surface area contributed by atoms with Crippen LogP contribution < -0.4 is 15.4 Å². The fraction of sp³-hybridized carbons (Fsp3) is 0.211. The molecule has 2 aromatic heterocycles. The molecule has 0 fully saturated rings. The Balaban J connectivity index is 1.65. The summed E-state index contributed by atoms with van der Waals surface area (Å²) in [6, 6.07) is 9.49. The number of nitrogens with zero attached hydrogens (tertiary/aromatic N) is 3. The van der Waals surface area contributed by atoms with E-state index >= 15 is 0 Å². The van der Waals surface area contributed by atoms with Gasteiger partial charge in [0.25, 0.3) is 0 Å². The summed E-state index contributed by atoms with van der Waals surface area (Å²) in [5, 5.41) is 13.2. The first-order valence-corrected chi connectivity index (χ1v) is 8.35. The first-order valence-electron chi connectivity index (χ1n) is 8.35. The molecule has 0 bridgehead atoms. The molecule has 3 aromatic rings. The topological polar surface area (TPSA) is 79.2 Å². The SMILES string of the molecule is [C-]#[N+]c1c(C)cc(Nc2cc(C)[nH]n2)nc1NCCOc1ccc(F)cc1. The summed E-state index contributed by atoms with van der Waals surface area (Å²) in [6.45, 7) is 12.0. The first-order chi connectivity index (χ1) is 13.0. The van der Waals surface area contributed by atoms with E-state index in [2.05, 4.69) is 30.7 Å². The summed E-state index contributed by atoms with van der Waals surface area (Å²) in [6.07, 6.45) is 0. The quantitative estimate of drug-likeness (QED) is 0.428. The van der Waals surface area contributed by atoms with Gasteiger partial charge in [-0.25, -0.2) is 14.2 Å². The van der Waals surface area contributed by atoms with Crippen molar-refractivity contribution < 1.29 is 9.13 Å². The molecule has 3 rings (SSSR count). The highest BCUT2D eigenvalue weighted by Gasteiger charge is 2.11. The first kappa shape index (κ1) is 18.2. The van der Waals surface area contributed by atoms with Crippen molar-refractivity contribution in [3.05, 3.63) is 64.9 Å². The monoisotopic (exact) mass is 366 g/mol. The van der Waals surface area contributed by atoms with Gasteiger partial charge in [0.05, 0.1) is 6.57 Å². The predicted octanol–water partition coefficient (Wildman–Crippen LogP) is 4.35. The lowest BCUT2D eigenvalue weighted by atomic mass is 10.2. The molecule has 1 aromatic carbocycles. The van der Waals surface area contributed by atoms with Gasteiger partial charge < -0.3 is 15.4 Å². The molecule has 138 valence electrons. The minimum absolute atomic E-state index is 0.307. The second-order valence-corrected chi connectivity index (χ2v) is 5.92. The molecule has 27 heavy (non-hydrogen) atoms. The van der Waals surface area contributed by atoms with Crippen molar-refractivity contribution in [3.63, 3.8) is 0 Å². The molecule has 0 unspecified atom stereocenters. The molecule has 0 spiro atoms. The van der Waals surface area contributed by atoms with Crippen LogP contribution in [-0.4, -0.2) is 28.3 Å². The van der Waals surface area contributed by atoms with Crippen molar-refractivity contribution in [2.24, 2.45) is 0 Å². The number of halogens is 1. The standard InChI is InChI=1S/C19H19FN6O/c1-12-10-16(23-17-11-13(2)25-26-17)24-19(18(12)21-3)22-8-9-27-15-6-4-14(20)5-7-15/h4-7,10-11H,8-9H2,1-2H3,(H3,22,23,24,25,26). The van der Waals surface area contributed by atoms with Crippen LogP contribution in [0.5, 0.6) is 5.75 Å². The van der Waals surface area contributed by atoms with Crippen molar-refractivity contribution in [2.75, 3.05) is 23.8 Å². The highest BCUT2D eigenvalue weighted by molar-refractivity contribution is 5.73. The highest BCUT2D eigenvalue weighted by atomic mass is 19.1. The summed E-state index contributed by atoms with van der Waals surface area (Å²) in [4.78, 5) is 8.03. The Morgan fingerprint density at radius 2 is 1.96 bits per heavy atom. The van der Waals surface area contributed by atoms with Gasteiger partial charge in [-0.2, -0.15) is 5.10 Å². The molecule has 2 heterocycles. The lowest BCUT2D eigenvalue weighted by molar-refractivity contribution is 0.332. The van der Waals surface area contributed by atoms with Crippen LogP contribution >= 0.6 is 0 Å². The number of hydrogen-bond donors (Lipinski definition) is 3.